The molecule has 1 aromatic heterocycles. The molecule has 0 aliphatic carbocycles. The first-order chi connectivity index (χ1) is 19.1. The van der Waals surface area contributed by atoms with E-state index < -0.39 is 35.0 Å². The van der Waals surface area contributed by atoms with Gasteiger partial charge in [0.25, 0.3) is 0 Å². The number of piperidine rings is 1. The number of carbonyl (C=O) groups is 1. The predicted molar refractivity (Wildman–Crippen MR) is 141 cm³/mol. The van der Waals surface area contributed by atoms with E-state index in [1.807, 2.05) is 0 Å². The Morgan fingerprint density at radius 3 is 2.48 bits per heavy atom. The molecular weight excluding hydrogens is 530 g/mol. The first-order valence-electron chi connectivity index (χ1n) is 13.2. The summed E-state index contributed by atoms with van der Waals surface area (Å²) in [6.45, 7) is 1.78. The second-order valence-corrected chi connectivity index (χ2v) is 10.3. The van der Waals surface area contributed by atoms with Gasteiger partial charge in [0.15, 0.2) is 17.5 Å². The predicted octanol–water partition coefficient (Wildman–Crippen LogP) is 5.55. The van der Waals surface area contributed by atoms with E-state index in [4.69, 9.17) is 15.2 Å². The number of halogens is 4. The molecule has 1 fully saturated rings. The van der Waals surface area contributed by atoms with Crippen molar-refractivity contribution in [2.75, 3.05) is 33.4 Å². The number of likely N-dealkylation sites (tertiary alicyclic amines) is 1. The lowest BCUT2D eigenvalue weighted by atomic mass is 9.71. The van der Waals surface area contributed by atoms with Crippen LogP contribution in [0.4, 0.5) is 17.6 Å². The van der Waals surface area contributed by atoms with Crippen molar-refractivity contribution in [3.63, 3.8) is 0 Å². The summed E-state index contributed by atoms with van der Waals surface area (Å²) in [5.74, 6) is -4.67. The Morgan fingerprint density at radius 2 is 1.85 bits per heavy atom. The fourth-order valence-electron chi connectivity index (χ4n) is 5.47. The fraction of sp³-hybridized carbons (Fsp3) is 0.448. The number of aliphatic carboxylic acids is 1. The van der Waals surface area contributed by atoms with Gasteiger partial charge >= 0.3 is 5.97 Å². The van der Waals surface area contributed by atoms with Crippen LogP contribution in [0.25, 0.3) is 10.9 Å². The number of rotatable bonds is 12. The van der Waals surface area contributed by atoms with Crippen LogP contribution < -0.4 is 15.2 Å². The minimum atomic E-state index is -1.55. The van der Waals surface area contributed by atoms with Gasteiger partial charge in [-0.3, -0.25) is 14.7 Å². The summed E-state index contributed by atoms with van der Waals surface area (Å²) in [7, 11) is 1.53. The monoisotopic (exact) mass is 563 g/mol. The molecule has 216 valence electrons. The van der Waals surface area contributed by atoms with E-state index in [2.05, 4.69) is 9.88 Å². The van der Waals surface area contributed by atoms with Gasteiger partial charge < -0.3 is 20.3 Å². The van der Waals surface area contributed by atoms with E-state index in [1.165, 1.54) is 7.11 Å². The molecular formula is C29H33F4N3O4. The number of carboxylic acids is 1. The molecule has 2 heterocycles. The summed E-state index contributed by atoms with van der Waals surface area (Å²) in [6, 6.07) is 6.84. The summed E-state index contributed by atoms with van der Waals surface area (Å²) in [5.41, 5.74) is 7.00. The number of benzene rings is 2. The van der Waals surface area contributed by atoms with Crippen LogP contribution in [0.3, 0.4) is 0 Å². The number of methoxy groups -OCH3 is 1. The maximum absolute atomic E-state index is 15.9. The number of pyridine rings is 1. The van der Waals surface area contributed by atoms with Gasteiger partial charge in [0.2, 0.25) is 0 Å². The summed E-state index contributed by atoms with van der Waals surface area (Å²) in [6.07, 6.45) is 1.72. The molecule has 1 atom stereocenters. The molecule has 0 radical (unpaired) electrons. The van der Waals surface area contributed by atoms with E-state index in [9.17, 15) is 23.1 Å². The normalized spacial score (nSPS) is 16.1. The van der Waals surface area contributed by atoms with Crippen LogP contribution in [0, 0.1) is 22.9 Å². The Kier molecular flexibility index (Phi) is 9.47. The molecule has 4 rings (SSSR count). The number of hydrogen-bond donors (Lipinski definition) is 2. The standard InChI is InChI=1S/C29H33F4N3O4/c1-39-19-2-3-25-21(12-19)27(18(16-34)17-35-25)22(30)4-5-29(15-26(37)38)6-8-36(9-7-29)10-11-40-20-13-23(31)28(33)24(32)14-20/h2-3,12-14,17,22H,4-11,15-16,34H2,1H3,(H,37,38)/t22-/m0/s1. The first kappa shape index (κ1) is 29.5. The van der Waals surface area contributed by atoms with Crippen LogP contribution in [-0.2, 0) is 11.3 Å². The van der Waals surface area contributed by atoms with Crippen molar-refractivity contribution in [1.82, 2.24) is 9.88 Å². The van der Waals surface area contributed by atoms with Crippen molar-refractivity contribution in [2.45, 2.75) is 44.8 Å². The lowest BCUT2D eigenvalue weighted by Crippen LogP contribution is -2.42. The minimum Gasteiger partial charge on any atom is -0.497 e. The molecule has 1 saturated heterocycles. The number of nitrogens with two attached hydrogens (primary N) is 1. The van der Waals surface area contributed by atoms with Crippen LogP contribution in [-0.4, -0.2) is 54.3 Å². The highest BCUT2D eigenvalue weighted by molar-refractivity contribution is 5.85. The molecule has 40 heavy (non-hydrogen) atoms. The van der Waals surface area contributed by atoms with Gasteiger partial charge in [-0.1, -0.05) is 0 Å². The van der Waals surface area contributed by atoms with Crippen molar-refractivity contribution in [3.8, 4) is 11.5 Å². The molecule has 1 aliphatic heterocycles. The van der Waals surface area contributed by atoms with Crippen LogP contribution in [0.2, 0.25) is 0 Å². The highest BCUT2D eigenvalue weighted by atomic mass is 19.2. The Labute approximate surface area is 229 Å². The van der Waals surface area contributed by atoms with E-state index in [0.717, 1.165) is 12.1 Å². The van der Waals surface area contributed by atoms with E-state index in [-0.39, 0.29) is 31.7 Å². The number of carboxylic acid groups (broad SMARTS) is 1. The first-order valence-corrected chi connectivity index (χ1v) is 13.2. The smallest absolute Gasteiger partial charge is 0.303 e. The molecule has 1 aliphatic rings. The number of nitrogens with zero attached hydrogens (tertiary/aromatic N) is 2. The van der Waals surface area contributed by atoms with Gasteiger partial charge in [-0.2, -0.15) is 0 Å². The quantitative estimate of drug-likeness (QED) is 0.220. The Bertz CT molecular complexity index is 1320. The molecule has 3 N–H and O–H groups in total. The molecule has 0 saturated carbocycles. The Morgan fingerprint density at radius 1 is 1.15 bits per heavy atom. The van der Waals surface area contributed by atoms with Gasteiger partial charge in [0.1, 0.15) is 24.3 Å². The van der Waals surface area contributed by atoms with Gasteiger partial charge in [0.05, 0.1) is 19.0 Å². The molecule has 3 aromatic rings. The number of aromatic nitrogens is 1. The van der Waals surface area contributed by atoms with E-state index in [1.54, 1.807) is 24.4 Å². The van der Waals surface area contributed by atoms with Crippen LogP contribution in [0.15, 0.2) is 36.5 Å². The van der Waals surface area contributed by atoms with Crippen LogP contribution >= 0.6 is 0 Å². The number of alkyl halides is 1. The van der Waals surface area contributed by atoms with Crippen molar-refractivity contribution >= 4 is 16.9 Å². The molecule has 2 aromatic carbocycles. The zero-order valence-corrected chi connectivity index (χ0v) is 22.3. The van der Waals surface area contributed by atoms with Gasteiger partial charge in [-0.05, 0) is 68.0 Å². The van der Waals surface area contributed by atoms with E-state index in [0.29, 0.717) is 66.7 Å². The average molecular weight is 564 g/mol. The zero-order valence-electron chi connectivity index (χ0n) is 22.3. The number of fused-ring (bicyclic) bond motifs is 1. The molecule has 0 bridgehead atoms. The summed E-state index contributed by atoms with van der Waals surface area (Å²) >= 11 is 0. The molecule has 11 heteroatoms. The molecule has 0 unspecified atom stereocenters. The lowest BCUT2D eigenvalue weighted by molar-refractivity contribution is -0.141. The van der Waals surface area contributed by atoms with Gasteiger partial charge in [-0.25, -0.2) is 17.6 Å². The maximum Gasteiger partial charge on any atom is 0.303 e. The third-order valence-corrected chi connectivity index (χ3v) is 7.74. The second-order valence-electron chi connectivity index (χ2n) is 10.3. The lowest BCUT2D eigenvalue weighted by Gasteiger charge is -2.41. The highest BCUT2D eigenvalue weighted by Gasteiger charge is 2.37. The third-order valence-electron chi connectivity index (χ3n) is 7.74. The Hall–Kier alpha value is -3.44. The number of ether oxygens (including phenoxy) is 2. The minimum absolute atomic E-state index is 0.0765. The molecule has 7 nitrogen and oxygen atoms in total. The van der Waals surface area contributed by atoms with Crippen molar-refractivity contribution in [2.24, 2.45) is 11.1 Å². The molecule has 0 spiro atoms. The maximum atomic E-state index is 15.9. The topological polar surface area (TPSA) is 97.9 Å². The fourth-order valence-corrected chi connectivity index (χ4v) is 5.47. The van der Waals surface area contributed by atoms with Gasteiger partial charge in [0, 0.05) is 42.4 Å². The third kappa shape index (κ3) is 6.82. The summed E-state index contributed by atoms with van der Waals surface area (Å²) in [5, 5.41) is 10.3. The van der Waals surface area contributed by atoms with Gasteiger partial charge in [-0.15, -0.1) is 0 Å². The number of hydrogen-bond acceptors (Lipinski definition) is 6. The zero-order chi connectivity index (χ0) is 28.9. The highest BCUT2D eigenvalue weighted by Crippen LogP contribution is 2.43. The largest absolute Gasteiger partial charge is 0.497 e. The Balaban J connectivity index is 1.40. The van der Waals surface area contributed by atoms with Crippen LogP contribution in [0.5, 0.6) is 11.5 Å². The van der Waals surface area contributed by atoms with E-state index >= 15 is 4.39 Å². The summed E-state index contributed by atoms with van der Waals surface area (Å²) < 4.78 is 66.6. The summed E-state index contributed by atoms with van der Waals surface area (Å²) in [4.78, 5) is 18.2. The van der Waals surface area contributed by atoms with Crippen molar-refractivity contribution < 1.29 is 36.9 Å². The second kappa shape index (κ2) is 12.8. The molecule has 0 amide bonds. The SMILES string of the molecule is COc1ccc2ncc(CN)c([C@@H](F)CCC3(CC(=O)O)CCN(CCOc4cc(F)c(F)c(F)c4)CC3)c2c1. The van der Waals surface area contributed by atoms with Crippen LogP contribution in [0.1, 0.15) is 49.4 Å². The average Bonchev–Trinajstić information content (AvgIpc) is 2.94. The van der Waals surface area contributed by atoms with Crippen molar-refractivity contribution in [1.29, 1.82) is 0 Å². The van der Waals surface area contributed by atoms with Crippen molar-refractivity contribution in [3.05, 3.63) is 65.1 Å².